The lowest BCUT2D eigenvalue weighted by molar-refractivity contribution is -0.118. The number of anilines is 2. The van der Waals surface area contributed by atoms with E-state index in [0.29, 0.717) is 0 Å². The third-order valence-electron chi connectivity index (χ3n) is 5.62. The first kappa shape index (κ1) is 18.4. The van der Waals surface area contributed by atoms with Gasteiger partial charge < -0.3 is 15.0 Å². The zero-order chi connectivity index (χ0) is 19.8. The Bertz CT molecular complexity index is 1060. The second-order valence-electron chi connectivity index (χ2n) is 7.50. The largest absolute Gasteiger partial charge is 0.482 e. The smallest absolute Gasteiger partial charge is 0.262 e. The van der Waals surface area contributed by atoms with E-state index < -0.39 is 0 Å². The highest BCUT2D eigenvalue weighted by Gasteiger charge is 2.20. The molecule has 150 valence electrons. The van der Waals surface area contributed by atoms with Gasteiger partial charge in [-0.25, -0.2) is 4.39 Å². The molecule has 0 atom stereocenters. The molecule has 1 N–H and O–H groups in total. The first-order valence-electron chi connectivity index (χ1n) is 9.85. The van der Waals surface area contributed by atoms with Gasteiger partial charge in [0.1, 0.15) is 11.6 Å². The number of benzene rings is 2. The summed E-state index contributed by atoms with van der Waals surface area (Å²) in [5.74, 6) is 0.459. The molecule has 0 aliphatic carbocycles. The highest BCUT2D eigenvalue weighted by Crippen LogP contribution is 2.33. The van der Waals surface area contributed by atoms with Crippen LogP contribution in [0.15, 0.2) is 41.8 Å². The van der Waals surface area contributed by atoms with Gasteiger partial charge in [-0.05, 0) is 47.7 Å². The van der Waals surface area contributed by atoms with Gasteiger partial charge in [0.2, 0.25) is 0 Å². The minimum Gasteiger partial charge on any atom is -0.482 e. The molecule has 2 aliphatic rings. The highest BCUT2D eigenvalue weighted by molar-refractivity contribution is 7.17. The van der Waals surface area contributed by atoms with E-state index >= 15 is 0 Å². The molecular formula is C22H22FN3O2S. The van der Waals surface area contributed by atoms with E-state index in [1.54, 1.807) is 23.5 Å². The average molecular weight is 412 g/mol. The average Bonchev–Trinajstić information content (AvgIpc) is 3.20. The number of rotatable bonds is 4. The van der Waals surface area contributed by atoms with Gasteiger partial charge in [0.25, 0.3) is 5.91 Å². The van der Waals surface area contributed by atoms with Crippen molar-refractivity contribution in [1.82, 2.24) is 4.90 Å². The number of amides is 1. The first-order chi connectivity index (χ1) is 14.2. The van der Waals surface area contributed by atoms with Crippen molar-refractivity contribution in [2.45, 2.75) is 6.42 Å². The number of hydrogen-bond donors (Lipinski definition) is 1. The van der Waals surface area contributed by atoms with E-state index in [9.17, 15) is 9.18 Å². The van der Waals surface area contributed by atoms with Crippen LogP contribution in [0, 0.1) is 5.82 Å². The molecule has 7 heteroatoms. The quantitative estimate of drug-likeness (QED) is 0.711. The lowest BCUT2D eigenvalue weighted by atomic mass is 10.1. The molecule has 0 unspecified atom stereocenters. The minimum atomic E-state index is -0.166. The number of thiophene rings is 1. The van der Waals surface area contributed by atoms with Gasteiger partial charge in [-0.15, -0.1) is 11.3 Å². The molecule has 0 spiro atoms. The number of nitrogens with zero attached hydrogens (tertiary/aromatic N) is 2. The Kier molecular flexibility index (Phi) is 4.85. The van der Waals surface area contributed by atoms with Gasteiger partial charge in [-0.3, -0.25) is 9.69 Å². The third-order valence-corrected chi connectivity index (χ3v) is 6.49. The molecule has 2 aliphatic heterocycles. The first-order valence-corrected chi connectivity index (χ1v) is 10.7. The minimum absolute atomic E-state index is 0.0830. The Hall–Kier alpha value is -2.64. The molecule has 2 aromatic carbocycles. The Balaban J connectivity index is 1.20. The Morgan fingerprint density at radius 2 is 1.97 bits per heavy atom. The van der Waals surface area contributed by atoms with E-state index in [4.69, 9.17) is 4.74 Å². The van der Waals surface area contributed by atoms with Crippen LogP contribution in [0.4, 0.5) is 15.8 Å². The molecule has 1 saturated heterocycles. The molecular weight excluding hydrogens is 389 g/mol. The lowest BCUT2D eigenvalue weighted by Gasteiger charge is -2.36. The van der Waals surface area contributed by atoms with Crippen LogP contribution in [-0.2, 0) is 11.2 Å². The van der Waals surface area contributed by atoms with Crippen molar-refractivity contribution in [3.63, 3.8) is 0 Å². The monoisotopic (exact) mass is 411 g/mol. The Morgan fingerprint density at radius 1 is 1.10 bits per heavy atom. The van der Waals surface area contributed by atoms with Gasteiger partial charge in [0, 0.05) is 48.5 Å². The van der Waals surface area contributed by atoms with Crippen molar-refractivity contribution in [3.8, 4) is 5.75 Å². The van der Waals surface area contributed by atoms with Crippen LogP contribution >= 0.6 is 11.3 Å². The van der Waals surface area contributed by atoms with Crippen LogP contribution in [-0.4, -0.2) is 50.1 Å². The predicted octanol–water partition coefficient (Wildman–Crippen LogP) is 3.74. The van der Waals surface area contributed by atoms with Crippen LogP contribution in [0.5, 0.6) is 5.75 Å². The predicted molar refractivity (Wildman–Crippen MR) is 115 cm³/mol. The second kappa shape index (κ2) is 7.65. The van der Waals surface area contributed by atoms with Crippen molar-refractivity contribution in [3.05, 3.63) is 53.2 Å². The Labute approximate surface area is 172 Å². The van der Waals surface area contributed by atoms with Gasteiger partial charge in [0.05, 0.1) is 5.69 Å². The van der Waals surface area contributed by atoms with E-state index in [0.717, 1.165) is 66.4 Å². The summed E-state index contributed by atoms with van der Waals surface area (Å²) in [6.07, 6.45) is 0.915. The van der Waals surface area contributed by atoms with Crippen molar-refractivity contribution in [1.29, 1.82) is 0 Å². The molecule has 1 aromatic heterocycles. The summed E-state index contributed by atoms with van der Waals surface area (Å²) >= 11 is 1.58. The molecule has 1 amide bonds. The number of carbonyl (C=O) groups is 1. The van der Waals surface area contributed by atoms with Gasteiger partial charge >= 0.3 is 0 Å². The van der Waals surface area contributed by atoms with Crippen molar-refractivity contribution in [2.24, 2.45) is 0 Å². The number of carbonyl (C=O) groups excluding carboxylic acids is 1. The normalized spacial score (nSPS) is 17.1. The fourth-order valence-corrected chi connectivity index (χ4v) is 4.90. The van der Waals surface area contributed by atoms with E-state index in [-0.39, 0.29) is 18.3 Å². The molecule has 29 heavy (non-hydrogen) atoms. The number of nitrogens with one attached hydrogen (secondary N) is 1. The third kappa shape index (κ3) is 3.80. The fourth-order valence-electron chi connectivity index (χ4n) is 4.07. The van der Waals surface area contributed by atoms with E-state index in [1.165, 1.54) is 5.56 Å². The summed E-state index contributed by atoms with van der Waals surface area (Å²) in [6, 6.07) is 11.4. The van der Waals surface area contributed by atoms with Crippen LogP contribution in [0.2, 0.25) is 0 Å². The lowest BCUT2D eigenvalue weighted by Crippen LogP contribution is -2.47. The summed E-state index contributed by atoms with van der Waals surface area (Å²) in [6.45, 7) is 4.73. The summed E-state index contributed by atoms with van der Waals surface area (Å²) in [5, 5.41) is 6.03. The molecule has 0 radical (unpaired) electrons. The van der Waals surface area contributed by atoms with Crippen LogP contribution in [0.25, 0.3) is 10.1 Å². The van der Waals surface area contributed by atoms with Crippen molar-refractivity contribution < 1.29 is 13.9 Å². The number of ether oxygens (including phenoxy) is 1. The topological polar surface area (TPSA) is 44.8 Å². The summed E-state index contributed by atoms with van der Waals surface area (Å²) in [5.41, 5.74) is 2.95. The van der Waals surface area contributed by atoms with E-state index in [2.05, 4.69) is 27.2 Å². The standard InChI is InChI=1S/C22H22FN3O2S/c23-16-12-19(17-4-10-29-21(17)13-16)26-8-6-25(7-9-26)5-3-15-1-2-20-18(11-15)24-22(27)14-28-20/h1-2,4,10-13H,3,5-9,14H2,(H,24,27). The number of hydrogen-bond acceptors (Lipinski definition) is 5. The molecule has 5 rings (SSSR count). The summed E-state index contributed by atoms with van der Waals surface area (Å²) in [7, 11) is 0. The van der Waals surface area contributed by atoms with E-state index in [1.807, 2.05) is 17.5 Å². The number of piperazine rings is 1. The van der Waals surface area contributed by atoms with Gasteiger partial charge in [0.15, 0.2) is 6.61 Å². The highest BCUT2D eigenvalue weighted by atomic mass is 32.1. The van der Waals surface area contributed by atoms with Crippen LogP contribution in [0.1, 0.15) is 5.56 Å². The van der Waals surface area contributed by atoms with Crippen molar-refractivity contribution >= 4 is 38.7 Å². The molecule has 0 bridgehead atoms. The Morgan fingerprint density at radius 3 is 2.83 bits per heavy atom. The maximum atomic E-state index is 14.0. The summed E-state index contributed by atoms with van der Waals surface area (Å²) < 4.78 is 20.4. The molecule has 3 aromatic rings. The maximum Gasteiger partial charge on any atom is 0.262 e. The van der Waals surface area contributed by atoms with Crippen LogP contribution in [0.3, 0.4) is 0 Å². The van der Waals surface area contributed by atoms with Gasteiger partial charge in [-0.1, -0.05) is 6.07 Å². The SMILES string of the molecule is O=C1COc2ccc(CCN3CCN(c4cc(F)cc5sccc45)CC3)cc2N1. The zero-order valence-electron chi connectivity index (χ0n) is 16.0. The second-order valence-corrected chi connectivity index (χ2v) is 8.45. The van der Waals surface area contributed by atoms with Crippen LogP contribution < -0.4 is 15.0 Å². The molecule has 0 saturated carbocycles. The molecule has 3 heterocycles. The van der Waals surface area contributed by atoms with Crippen molar-refractivity contribution in [2.75, 3.05) is 49.5 Å². The fraction of sp³-hybridized carbons (Fsp3) is 0.318. The van der Waals surface area contributed by atoms with Gasteiger partial charge in [-0.2, -0.15) is 0 Å². The maximum absolute atomic E-state index is 14.0. The molecule has 1 fully saturated rings. The summed E-state index contributed by atoms with van der Waals surface area (Å²) in [4.78, 5) is 16.2. The molecule has 5 nitrogen and oxygen atoms in total. The zero-order valence-corrected chi connectivity index (χ0v) is 16.8. The number of fused-ring (bicyclic) bond motifs is 2. The number of halogens is 1.